The van der Waals surface area contributed by atoms with Gasteiger partial charge in [0.15, 0.2) is 0 Å². The van der Waals surface area contributed by atoms with Crippen molar-refractivity contribution in [1.82, 2.24) is 19.9 Å². The number of H-pyrrole nitrogens is 1. The van der Waals surface area contributed by atoms with Crippen LogP contribution in [-0.4, -0.2) is 51.6 Å². The fourth-order valence-corrected chi connectivity index (χ4v) is 3.35. The van der Waals surface area contributed by atoms with Gasteiger partial charge in [0.25, 0.3) is 11.5 Å². The van der Waals surface area contributed by atoms with Crippen molar-refractivity contribution in [3.63, 3.8) is 0 Å². The highest BCUT2D eigenvalue weighted by molar-refractivity contribution is 7.11. The van der Waals surface area contributed by atoms with E-state index in [2.05, 4.69) is 15.0 Å². The molecule has 0 aromatic carbocycles. The molecule has 1 unspecified atom stereocenters. The summed E-state index contributed by atoms with van der Waals surface area (Å²) >= 11 is 1.37. The number of carbonyl (C=O) groups is 1. The summed E-state index contributed by atoms with van der Waals surface area (Å²) in [4.78, 5) is 37.1. The maximum absolute atomic E-state index is 12.5. The second kappa shape index (κ2) is 7.01. The van der Waals surface area contributed by atoms with Crippen LogP contribution in [0.25, 0.3) is 0 Å². The van der Waals surface area contributed by atoms with Crippen LogP contribution in [0, 0.1) is 6.92 Å². The number of ether oxygens (including phenoxy) is 1. The summed E-state index contributed by atoms with van der Waals surface area (Å²) in [6.07, 6.45) is 2.74. The first-order chi connectivity index (χ1) is 11.1. The highest BCUT2D eigenvalue weighted by Crippen LogP contribution is 2.18. The number of morpholine rings is 1. The Hall–Kier alpha value is -2.06. The Morgan fingerprint density at radius 1 is 1.52 bits per heavy atom. The average molecular weight is 334 g/mol. The first-order valence-electron chi connectivity index (χ1n) is 7.48. The van der Waals surface area contributed by atoms with Crippen molar-refractivity contribution in [2.24, 2.45) is 0 Å². The van der Waals surface area contributed by atoms with E-state index < -0.39 is 0 Å². The summed E-state index contributed by atoms with van der Waals surface area (Å²) in [6.45, 7) is 3.52. The average Bonchev–Trinajstić information content (AvgIpc) is 2.99. The van der Waals surface area contributed by atoms with Crippen molar-refractivity contribution in [2.75, 3.05) is 19.7 Å². The van der Waals surface area contributed by atoms with Crippen LogP contribution in [0.4, 0.5) is 0 Å². The highest BCUT2D eigenvalue weighted by atomic mass is 32.1. The molecule has 1 N–H and O–H groups in total. The Bertz CT molecular complexity index is 742. The van der Waals surface area contributed by atoms with Gasteiger partial charge in [0, 0.05) is 24.8 Å². The van der Waals surface area contributed by atoms with Crippen molar-refractivity contribution in [1.29, 1.82) is 0 Å². The molecule has 8 heteroatoms. The Morgan fingerprint density at radius 3 is 3.13 bits per heavy atom. The maximum atomic E-state index is 12.5. The number of aromatic nitrogens is 3. The predicted molar refractivity (Wildman–Crippen MR) is 85.7 cm³/mol. The third-order valence-corrected chi connectivity index (χ3v) is 4.74. The molecule has 0 aliphatic carbocycles. The maximum Gasteiger partial charge on any atom is 0.266 e. The van der Waals surface area contributed by atoms with Gasteiger partial charge in [0.1, 0.15) is 4.88 Å². The van der Waals surface area contributed by atoms with Gasteiger partial charge in [0.05, 0.1) is 30.2 Å². The van der Waals surface area contributed by atoms with Gasteiger partial charge in [-0.3, -0.25) is 9.59 Å². The van der Waals surface area contributed by atoms with Gasteiger partial charge >= 0.3 is 0 Å². The molecule has 1 amide bonds. The van der Waals surface area contributed by atoms with Gasteiger partial charge in [-0.05, 0) is 19.8 Å². The Kier molecular flexibility index (Phi) is 4.82. The quantitative estimate of drug-likeness (QED) is 0.901. The molecule has 2 aromatic rings. The van der Waals surface area contributed by atoms with Crippen LogP contribution in [0.2, 0.25) is 0 Å². The summed E-state index contributed by atoms with van der Waals surface area (Å²) < 4.78 is 5.74. The molecule has 1 atom stereocenters. The van der Waals surface area contributed by atoms with Crippen molar-refractivity contribution in [2.45, 2.75) is 25.9 Å². The van der Waals surface area contributed by atoms with Crippen molar-refractivity contribution < 1.29 is 9.53 Å². The van der Waals surface area contributed by atoms with Crippen LogP contribution >= 0.6 is 11.3 Å². The number of aromatic amines is 1. The van der Waals surface area contributed by atoms with E-state index in [9.17, 15) is 9.59 Å². The zero-order valence-corrected chi connectivity index (χ0v) is 13.6. The largest absolute Gasteiger partial charge is 0.375 e. The minimum absolute atomic E-state index is 0.0209. The van der Waals surface area contributed by atoms with Gasteiger partial charge < -0.3 is 14.6 Å². The van der Waals surface area contributed by atoms with Gasteiger partial charge in [-0.1, -0.05) is 0 Å². The molecule has 3 heterocycles. The summed E-state index contributed by atoms with van der Waals surface area (Å²) in [6, 6.07) is 1.49. The molecule has 2 aromatic heterocycles. The molecule has 1 fully saturated rings. The highest BCUT2D eigenvalue weighted by Gasteiger charge is 2.26. The van der Waals surface area contributed by atoms with Gasteiger partial charge in [-0.2, -0.15) is 0 Å². The summed E-state index contributed by atoms with van der Waals surface area (Å²) in [5, 5.41) is 0. The number of nitrogens with one attached hydrogen (secondary N) is 1. The minimum Gasteiger partial charge on any atom is -0.375 e. The zero-order valence-electron chi connectivity index (χ0n) is 12.8. The number of hydrogen-bond acceptors (Lipinski definition) is 6. The summed E-state index contributed by atoms with van der Waals surface area (Å²) in [5.41, 5.74) is 3.05. The number of aryl methyl sites for hydroxylation is 2. The van der Waals surface area contributed by atoms with Crippen molar-refractivity contribution in [3.8, 4) is 0 Å². The molecule has 1 aliphatic rings. The van der Waals surface area contributed by atoms with Gasteiger partial charge in [-0.25, -0.2) is 9.97 Å². The smallest absolute Gasteiger partial charge is 0.266 e. The normalized spacial score (nSPS) is 18.1. The zero-order chi connectivity index (χ0) is 16.2. The second-order valence-corrected chi connectivity index (χ2v) is 6.31. The standard InChI is InChI=1S/C15H18N4O3S/c1-10-14(23-9-18-10)15(21)19-4-5-22-12(7-19)3-2-11-6-13(20)17-8-16-11/h6,8-9,12H,2-5,7H2,1H3,(H,16,17,20). The first-order valence-corrected chi connectivity index (χ1v) is 8.36. The Labute approximate surface area is 137 Å². The molecule has 7 nitrogen and oxygen atoms in total. The molecule has 0 radical (unpaired) electrons. The van der Waals surface area contributed by atoms with E-state index in [1.807, 2.05) is 11.8 Å². The Balaban J connectivity index is 1.59. The van der Waals surface area contributed by atoms with E-state index in [0.29, 0.717) is 31.0 Å². The molecule has 122 valence electrons. The third-order valence-electron chi connectivity index (χ3n) is 3.82. The molecular weight excluding hydrogens is 316 g/mol. The number of hydrogen-bond donors (Lipinski definition) is 1. The first kappa shape index (κ1) is 15.8. The SMILES string of the molecule is Cc1ncsc1C(=O)N1CCOC(CCc2cc(=O)[nH]cn2)C1. The molecule has 0 bridgehead atoms. The lowest BCUT2D eigenvalue weighted by atomic mass is 10.1. The number of thiazole rings is 1. The Morgan fingerprint density at radius 2 is 2.39 bits per heavy atom. The molecule has 0 spiro atoms. The molecule has 0 saturated carbocycles. The van der Waals surface area contributed by atoms with E-state index in [-0.39, 0.29) is 17.6 Å². The number of rotatable bonds is 4. The minimum atomic E-state index is -0.156. The van der Waals surface area contributed by atoms with Crippen LogP contribution in [0.1, 0.15) is 27.5 Å². The molecule has 3 rings (SSSR count). The summed E-state index contributed by atoms with van der Waals surface area (Å²) in [7, 11) is 0. The fourth-order valence-electron chi connectivity index (χ4n) is 2.58. The third kappa shape index (κ3) is 3.83. The van der Waals surface area contributed by atoms with Crippen LogP contribution < -0.4 is 5.56 Å². The van der Waals surface area contributed by atoms with E-state index in [0.717, 1.165) is 17.8 Å². The molecular formula is C15H18N4O3S. The van der Waals surface area contributed by atoms with Crippen molar-refractivity contribution in [3.05, 3.63) is 44.5 Å². The van der Waals surface area contributed by atoms with E-state index in [1.54, 1.807) is 5.51 Å². The lowest BCUT2D eigenvalue weighted by Gasteiger charge is -2.32. The van der Waals surface area contributed by atoms with E-state index in [4.69, 9.17) is 4.74 Å². The lowest BCUT2D eigenvalue weighted by molar-refractivity contribution is -0.0245. The van der Waals surface area contributed by atoms with Crippen molar-refractivity contribution >= 4 is 17.2 Å². The lowest BCUT2D eigenvalue weighted by Crippen LogP contribution is -2.45. The predicted octanol–water partition coefficient (Wildman–Crippen LogP) is 1.01. The van der Waals surface area contributed by atoms with Gasteiger partial charge in [0.2, 0.25) is 0 Å². The molecule has 1 aliphatic heterocycles. The van der Waals surface area contributed by atoms with E-state index >= 15 is 0 Å². The fraction of sp³-hybridized carbons (Fsp3) is 0.467. The topological polar surface area (TPSA) is 88.2 Å². The van der Waals surface area contributed by atoms with Crippen LogP contribution in [0.3, 0.4) is 0 Å². The van der Waals surface area contributed by atoms with Crippen LogP contribution in [-0.2, 0) is 11.2 Å². The van der Waals surface area contributed by atoms with Crippen LogP contribution in [0.5, 0.6) is 0 Å². The van der Waals surface area contributed by atoms with E-state index in [1.165, 1.54) is 23.7 Å². The number of amides is 1. The number of nitrogens with zero attached hydrogens (tertiary/aromatic N) is 3. The molecule has 23 heavy (non-hydrogen) atoms. The van der Waals surface area contributed by atoms with Gasteiger partial charge in [-0.15, -0.1) is 11.3 Å². The summed E-state index contributed by atoms with van der Waals surface area (Å²) in [5.74, 6) is 0.0209. The monoisotopic (exact) mass is 334 g/mol. The van der Waals surface area contributed by atoms with Crippen LogP contribution in [0.15, 0.2) is 22.7 Å². The second-order valence-electron chi connectivity index (χ2n) is 5.45. The molecule has 1 saturated heterocycles. The number of carbonyl (C=O) groups excluding carboxylic acids is 1.